The Balaban J connectivity index is 1.87. The molecule has 2 heterocycles. The third kappa shape index (κ3) is 1.73. The second-order valence-corrected chi connectivity index (χ2v) is 5.00. The van der Waals surface area contributed by atoms with Gasteiger partial charge in [0.2, 0.25) is 0 Å². The third-order valence-corrected chi connectivity index (χ3v) is 3.81. The zero-order chi connectivity index (χ0) is 13.4. The summed E-state index contributed by atoms with van der Waals surface area (Å²) in [6.45, 7) is 0.706. The minimum absolute atomic E-state index is 0.0824. The van der Waals surface area contributed by atoms with Gasteiger partial charge in [0, 0.05) is 11.6 Å². The lowest BCUT2D eigenvalue weighted by atomic mass is 9.93. The Morgan fingerprint density at radius 3 is 2.65 bits per heavy atom. The summed E-state index contributed by atoms with van der Waals surface area (Å²) in [6.07, 6.45) is 3.76. The molecule has 0 radical (unpaired) electrons. The van der Waals surface area contributed by atoms with Crippen molar-refractivity contribution in [2.24, 2.45) is 4.99 Å². The van der Waals surface area contributed by atoms with Crippen LogP contribution in [0.4, 0.5) is 0 Å². The molecule has 1 unspecified atom stereocenters. The van der Waals surface area contributed by atoms with Crippen molar-refractivity contribution in [3.8, 4) is 0 Å². The van der Waals surface area contributed by atoms with Gasteiger partial charge < -0.3 is 0 Å². The van der Waals surface area contributed by atoms with E-state index in [4.69, 9.17) is 9.42 Å². The highest BCUT2D eigenvalue weighted by Gasteiger charge is 2.37. The number of aliphatic imine (C=N–C) groups is 1. The van der Waals surface area contributed by atoms with Crippen LogP contribution >= 0.6 is 0 Å². The molecule has 0 aliphatic carbocycles. The van der Waals surface area contributed by atoms with Gasteiger partial charge in [0.1, 0.15) is 5.71 Å². The molecule has 2 nitrogen and oxygen atoms in total. The number of benzene rings is 2. The van der Waals surface area contributed by atoms with Crippen molar-refractivity contribution in [1.82, 2.24) is 0 Å². The van der Waals surface area contributed by atoms with E-state index in [1.54, 1.807) is 6.29 Å². The SMILES string of the molecule is C1=[O+]C2C(=C1)c1ccccc1CN=C2c1ccccc1. The summed E-state index contributed by atoms with van der Waals surface area (Å²) in [6, 6.07) is 18.7. The number of carbonyl (C=O) groups excluding carboxylic acids is 1. The van der Waals surface area contributed by atoms with Gasteiger partial charge in [-0.3, -0.25) is 4.99 Å². The van der Waals surface area contributed by atoms with E-state index in [0.717, 1.165) is 11.3 Å². The second-order valence-electron chi connectivity index (χ2n) is 5.00. The van der Waals surface area contributed by atoms with Crippen LogP contribution in [0.1, 0.15) is 16.7 Å². The van der Waals surface area contributed by atoms with Crippen LogP contribution < -0.4 is 0 Å². The number of hydrogen-bond acceptors (Lipinski definition) is 1. The van der Waals surface area contributed by atoms with Crippen molar-refractivity contribution in [2.75, 3.05) is 0 Å². The molecule has 0 spiro atoms. The molecule has 0 saturated carbocycles. The first-order valence-corrected chi connectivity index (χ1v) is 6.80. The van der Waals surface area contributed by atoms with E-state index in [0.29, 0.717) is 6.54 Å². The fourth-order valence-corrected chi connectivity index (χ4v) is 2.84. The molecule has 2 aliphatic heterocycles. The predicted octanol–water partition coefficient (Wildman–Crippen LogP) is 3.19. The van der Waals surface area contributed by atoms with Crippen molar-refractivity contribution in [2.45, 2.75) is 12.6 Å². The lowest BCUT2D eigenvalue weighted by Crippen LogP contribution is -2.21. The summed E-state index contributed by atoms with van der Waals surface area (Å²) in [5, 5.41) is 0. The number of fused-ring (bicyclic) bond motifs is 3. The predicted molar refractivity (Wildman–Crippen MR) is 81.0 cm³/mol. The fourth-order valence-electron chi connectivity index (χ4n) is 2.84. The summed E-state index contributed by atoms with van der Waals surface area (Å²) in [4.78, 5) is 4.81. The summed E-state index contributed by atoms with van der Waals surface area (Å²) < 4.78 is 5.81. The van der Waals surface area contributed by atoms with Crippen molar-refractivity contribution in [3.05, 3.63) is 77.4 Å². The molecule has 0 fully saturated rings. The first-order valence-electron chi connectivity index (χ1n) is 6.80. The molecule has 0 amide bonds. The smallest absolute Gasteiger partial charge is 0.274 e. The van der Waals surface area contributed by atoms with Crippen LogP contribution in [-0.2, 0) is 11.0 Å². The quantitative estimate of drug-likeness (QED) is 0.555. The molecular formula is C18H14NO+. The number of hydrogen-bond donors (Lipinski definition) is 0. The zero-order valence-electron chi connectivity index (χ0n) is 11.0. The first-order chi connectivity index (χ1) is 9.93. The van der Waals surface area contributed by atoms with E-state index < -0.39 is 0 Å². The average molecular weight is 260 g/mol. The standard InChI is InChI=1S/C18H14NO/c1-2-6-13(7-3-1)17-18-16(10-11-20-18)15-9-5-4-8-14(15)12-19-17/h1-11,18H,12H2/q+1. The second kappa shape index (κ2) is 4.57. The molecule has 96 valence electrons. The molecule has 2 aromatic carbocycles. The number of rotatable bonds is 1. The van der Waals surface area contributed by atoms with Crippen molar-refractivity contribution in [1.29, 1.82) is 0 Å². The van der Waals surface area contributed by atoms with Crippen LogP contribution in [0.15, 0.2) is 65.7 Å². The minimum Gasteiger partial charge on any atom is -0.274 e. The molecule has 20 heavy (non-hydrogen) atoms. The Morgan fingerprint density at radius 1 is 0.950 bits per heavy atom. The van der Waals surface area contributed by atoms with Gasteiger partial charge in [0.25, 0.3) is 0 Å². The summed E-state index contributed by atoms with van der Waals surface area (Å²) >= 11 is 0. The fraction of sp³-hybridized carbons (Fsp3) is 0.111. The van der Waals surface area contributed by atoms with Gasteiger partial charge >= 0.3 is 12.4 Å². The number of aldehydes is 1. The normalized spacial score (nSPS) is 19.7. The topological polar surface area (TPSA) is 23.7 Å². The maximum absolute atomic E-state index is 5.81. The van der Waals surface area contributed by atoms with Crippen LogP contribution in [0.25, 0.3) is 5.57 Å². The van der Waals surface area contributed by atoms with E-state index in [1.165, 1.54) is 16.7 Å². The van der Waals surface area contributed by atoms with Crippen molar-refractivity contribution in [3.63, 3.8) is 0 Å². The van der Waals surface area contributed by atoms with Crippen LogP contribution in [-0.4, -0.2) is 18.1 Å². The molecular weight excluding hydrogens is 246 g/mol. The highest BCUT2D eigenvalue weighted by Crippen LogP contribution is 2.31. The monoisotopic (exact) mass is 260 g/mol. The Morgan fingerprint density at radius 2 is 1.75 bits per heavy atom. The van der Waals surface area contributed by atoms with E-state index in [1.807, 2.05) is 18.2 Å². The van der Waals surface area contributed by atoms with Crippen LogP contribution in [0.3, 0.4) is 0 Å². The Kier molecular flexibility index (Phi) is 2.59. The Bertz CT molecular complexity index is 741. The molecule has 2 aromatic rings. The van der Waals surface area contributed by atoms with Gasteiger partial charge in [-0.2, -0.15) is 0 Å². The Hall–Kier alpha value is -2.48. The summed E-state index contributed by atoms with van der Waals surface area (Å²) in [5.41, 5.74) is 5.86. The van der Waals surface area contributed by atoms with Crippen LogP contribution in [0, 0.1) is 0 Å². The largest absolute Gasteiger partial charge is 0.339 e. The van der Waals surface area contributed by atoms with Gasteiger partial charge in [-0.25, -0.2) is 4.42 Å². The molecule has 2 aliphatic rings. The van der Waals surface area contributed by atoms with Crippen LogP contribution in [0.2, 0.25) is 0 Å². The van der Waals surface area contributed by atoms with Crippen molar-refractivity contribution >= 4 is 17.6 Å². The minimum atomic E-state index is -0.0824. The number of nitrogens with zero attached hydrogens (tertiary/aromatic N) is 1. The van der Waals surface area contributed by atoms with E-state index in [2.05, 4.69) is 42.5 Å². The lowest BCUT2D eigenvalue weighted by molar-refractivity contribution is -0.455. The zero-order valence-corrected chi connectivity index (χ0v) is 11.0. The highest BCUT2D eigenvalue weighted by molar-refractivity contribution is 6.13. The molecule has 0 saturated heterocycles. The van der Waals surface area contributed by atoms with Gasteiger partial charge in [-0.15, -0.1) is 0 Å². The lowest BCUT2D eigenvalue weighted by Gasteiger charge is -2.07. The Labute approximate surface area is 117 Å². The molecule has 1 atom stereocenters. The first kappa shape index (κ1) is 11.4. The van der Waals surface area contributed by atoms with Crippen LogP contribution in [0.5, 0.6) is 0 Å². The van der Waals surface area contributed by atoms with E-state index >= 15 is 0 Å². The third-order valence-electron chi connectivity index (χ3n) is 3.81. The van der Waals surface area contributed by atoms with Gasteiger partial charge in [0.15, 0.2) is 0 Å². The maximum Gasteiger partial charge on any atom is 0.339 e. The van der Waals surface area contributed by atoms with Gasteiger partial charge in [-0.1, -0.05) is 54.6 Å². The van der Waals surface area contributed by atoms with Gasteiger partial charge in [-0.05, 0) is 11.1 Å². The van der Waals surface area contributed by atoms with Gasteiger partial charge in [0.05, 0.1) is 12.1 Å². The summed E-state index contributed by atoms with van der Waals surface area (Å²) in [5.74, 6) is 0. The molecule has 0 N–H and O–H groups in total. The number of allylic oxidation sites excluding steroid dienone is 1. The average Bonchev–Trinajstić information content (AvgIpc) is 2.93. The molecule has 0 bridgehead atoms. The molecule has 0 aromatic heterocycles. The van der Waals surface area contributed by atoms with E-state index in [9.17, 15) is 0 Å². The molecule has 4 rings (SSSR count). The highest BCUT2D eigenvalue weighted by atomic mass is 16.4. The maximum atomic E-state index is 5.81. The van der Waals surface area contributed by atoms with Crippen molar-refractivity contribution < 1.29 is 4.42 Å². The molecule has 2 heteroatoms. The van der Waals surface area contributed by atoms with E-state index in [-0.39, 0.29) is 6.10 Å². The summed E-state index contributed by atoms with van der Waals surface area (Å²) in [7, 11) is 0.